The minimum absolute atomic E-state index is 0.352. The molecular weight excluding hydrogens is 264 g/mol. The van der Waals surface area contributed by atoms with E-state index in [1.807, 2.05) is 25.1 Å². The van der Waals surface area contributed by atoms with Crippen LogP contribution in [0.25, 0.3) is 0 Å². The van der Waals surface area contributed by atoms with Gasteiger partial charge in [0.1, 0.15) is 6.29 Å². The standard InChI is InChI=1S/C13H20N2O3S/c1-11-10-13(6-5-12(11)4-3-9-16)14-7-8-15-19(2,17)18/h5-6,9-10,14-15H,3-4,7-8H2,1-2H3. The first-order valence-corrected chi connectivity index (χ1v) is 8.03. The molecule has 106 valence electrons. The van der Waals surface area contributed by atoms with Gasteiger partial charge in [0.25, 0.3) is 0 Å². The maximum absolute atomic E-state index is 10.9. The van der Waals surface area contributed by atoms with Gasteiger partial charge < -0.3 is 10.1 Å². The molecule has 0 heterocycles. The van der Waals surface area contributed by atoms with Crippen molar-refractivity contribution in [1.82, 2.24) is 4.72 Å². The van der Waals surface area contributed by atoms with Crippen LogP contribution >= 0.6 is 0 Å². The summed E-state index contributed by atoms with van der Waals surface area (Å²) in [4.78, 5) is 10.3. The molecule has 0 bridgehead atoms. The van der Waals surface area contributed by atoms with Crippen molar-refractivity contribution in [2.24, 2.45) is 0 Å². The van der Waals surface area contributed by atoms with E-state index in [4.69, 9.17) is 0 Å². The van der Waals surface area contributed by atoms with Gasteiger partial charge >= 0.3 is 0 Å². The Morgan fingerprint density at radius 2 is 2.00 bits per heavy atom. The van der Waals surface area contributed by atoms with Gasteiger partial charge in [-0.05, 0) is 36.6 Å². The van der Waals surface area contributed by atoms with Crippen LogP contribution in [0, 0.1) is 6.92 Å². The Kier molecular flexibility index (Phi) is 5.98. The van der Waals surface area contributed by atoms with Crippen LogP contribution in [0.15, 0.2) is 18.2 Å². The summed E-state index contributed by atoms with van der Waals surface area (Å²) in [6.45, 7) is 2.88. The predicted octanol–water partition coefficient (Wildman–Crippen LogP) is 1.09. The highest BCUT2D eigenvalue weighted by atomic mass is 32.2. The van der Waals surface area contributed by atoms with E-state index in [1.54, 1.807) is 0 Å². The molecule has 2 N–H and O–H groups in total. The largest absolute Gasteiger partial charge is 0.384 e. The van der Waals surface area contributed by atoms with Gasteiger partial charge in [-0.15, -0.1) is 0 Å². The van der Waals surface area contributed by atoms with Gasteiger partial charge in [-0.3, -0.25) is 0 Å². The molecule has 0 aromatic heterocycles. The van der Waals surface area contributed by atoms with Crippen LogP contribution in [0.1, 0.15) is 17.5 Å². The second kappa shape index (κ2) is 7.25. The van der Waals surface area contributed by atoms with Gasteiger partial charge in [0.15, 0.2) is 0 Å². The number of aryl methyl sites for hydroxylation is 2. The fourth-order valence-corrected chi connectivity index (χ4v) is 2.22. The molecule has 0 saturated heterocycles. The number of nitrogens with one attached hydrogen (secondary N) is 2. The predicted molar refractivity (Wildman–Crippen MR) is 76.9 cm³/mol. The van der Waals surface area contributed by atoms with Gasteiger partial charge in [-0.2, -0.15) is 0 Å². The summed E-state index contributed by atoms with van der Waals surface area (Å²) in [5.74, 6) is 0. The lowest BCUT2D eigenvalue weighted by Gasteiger charge is -2.10. The number of hydrogen-bond acceptors (Lipinski definition) is 4. The molecule has 0 spiro atoms. The third-order valence-electron chi connectivity index (χ3n) is 2.69. The number of anilines is 1. The lowest BCUT2D eigenvalue weighted by atomic mass is 10.0. The van der Waals surface area contributed by atoms with Gasteiger partial charge in [0, 0.05) is 25.2 Å². The molecule has 0 aliphatic rings. The van der Waals surface area contributed by atoms with Crippen LogP contribution in [-0.4, -0.2) is 34.0 Å². The molecule has 1 aromatic carbocycles. The molecule has 0 radical (unpaired) electrons. The third kappa shape index (κ3) is 6.35. The molecule has 0 aliphatic heterocycles. The van der Waals surface area contributed by atoms with Crippen molar-refractivity contribution in [3.05, 3.63) is 29.3 Å². The fourth-order valence-electron chi connectivity index (χ4n) is 1.74. The van der Waals surface area contributed by atoms with Crippen LogP contribution in [0.2, 0.25) is 0 Å². The molecular formula is C13H20N2O3S. The number of rotatable bonds is 8. The van der Waals surface area contributed by atoms with Gasteiger partial charge in [-0.25, -0.2) is 13.1 Å². The zero-order valence-corrected chi connectivity index (χ0v) is 12.1. The van der Waals surface area contributed by atoms with E-state index in [1.165, 1.54) is 0 Å². The van der Waals surface area contributed by atoms with Crippen LogP contribution < -0.4 is 10.0 Å². The summed E-state index contributed by atoms with van der Waals surface area (Å²) in [5, 5.41) is 3.14. The average Bonchev–Trinajstić information content (AvgIpc) is 2.32. The quantitative estimate of drug-likeness (QED) is 0.553. The highest BCUT2D eigenvalue weighted by Gasteiger charge is 2.01. The summed E-state index contributed by atoms with van der Waals surface area (Å²) >= 11 is 0. The number of aldehydes is 1. The van der Waals surface area contributed by atoms with Crippen molar-refractivity contribution >= 4 is 22.0 Å². The van der Waals surface area contributed by atoms with E-state index >= 15 is 0 Å². The Morgan fingerprint density at radius 1 is 1.26 bits per heavy atom. The first kappa shape index (κ1) is 15.7. The van der Waals surface area contributed by atoms with E-state index in [0.717, 1.165) is 35.8 Å². The number of hydrogen-bond donors (Lipinski definition) is 2. The maximum atomic E-state index is 10.9. The second-order valence-electron chi connectivity index (χ2n) is 4.44. The Labute approximate surface area is 114 Å². The number of sulfonamides is 1. The lowest BCUT2D eigenvalue weighted by molar-refractivity contribution is -0.107. The Bertz CT molecular complexity index is 527. The van der Waals surface area contributed by atoms with Crippen LogP contribution in [-0.2, 0) is 21.2 Å². The lowest BCUT2D eigenvalue weighted by Crippen LogP contribution is -2.27. The smallest absolute Gasteiger partial charge is 0.208 e. The van der Waals surface area contributed by atoms with Crippen LogP contribution in [0.4, 0.5) is 5.69 Å². The van der Waals surface area contributed by atoms with Crippen molar-refractivity contribution in [1.29, 1.82) is 0 Å². The molecule has 0 atom stereocenters. The van der Waals surface area contributed by atoms with Crippen molar-refractivity contribution in [3.63, 3.8) is 0 Å². The number of carbonyl (C=O) groups is 1. The highest BCUT2D eigenvalue weighted by molar-refractivity contribution is 7.88. The summed E-state index contributed by atoms with van der Waals surface area (Å²) < 4.78 is 24.2. The summed E-state index contributed by atoms with van der Waals surface area (Å²) in [6, 6.07) is 5.93. The van der Waals surface area contributed by atoms with Gasteiger partial charge in [0.2, 0.25) is 10.0 Å². The van der Waals surface area contributed by atoms with Crippen molar-refractivity contribution in [3.8, 4) is 0 Å². The second-order valence-corrected chi connectivity index (χ2v) is 6.27. The molecule has 5 nitrogen and oxygen atoms in total. The summed E-state index contributed by atoms with van der Waals surface area (Å²) in [7, 11) is -3.13. The zero-order chi connectivity index (χ0) is 14.3. The SMILES string of the molecule is Cc1cc(NCCNS(C)(=O)=O)ccc1CCC=O. The number of benzene rings is 1. The Balaban J connectivity index is 2.47. The zero-order valence-electron chi connectivity index (χ0n) is 11.3. The Morgan fingerprint density at radius 3 is 2.58 bits per heavy atom. The molecule has 1 rings (SSSR count). The summed E-state index contributed by atoms with van der Waals surface area (Å²) in [5.41, 5.74) is 3.23. The van der Waals surface area contributed by atoms with Crippen LogP contribution in [0.3, 0.4) is 0 Å². The van der Waals surface area contributed by atoms with E-state index in [9.17, 15) is 13.2 Å². The molecule has 6 heteroatoms. The minimum Gasteiger partial charge on any atom is -0.384 e. The van der Waals surface area contributed by atoms with Crippen molar-refractivity contribution in [2.45, 2.75) is 19.8 Å². The van der Waals surface area contributed by atoms with Crippen molar-refractivity contribution < 1.29 is 13.2 Å². The highest BCUT2D eigenvalue weighted by Crippen LogP contribution is 2.16. The third-order valence-corrected chi connectivity index (χ3v) is 3.42. The minimum atomic E-state index is -3.13. The molecule has 1 aromatic rings. The molecule has 0 saturated carbocycles. The van der Waals surface area contributed by atoms with E-state index < -0.39 is 10.0 Å². The maximum Gasteiger partial charge on any atom is 0.208 e. The monoisotopic (exact) mass is 284 g/mol. The molecule has 0 amide bonds. The normalized spacial score (nSPS) is 11.3. The molecule has 0 fully saturated rings. The first-order valence-electron chi connectivity index (χ1n) is 6.14. The van der Waals surface area contributed by atoms with E-state index in [2.05, 4.69) is 10.0 Å². The molecule has 19 heavy (non-hydrogen) atoms. The number of carbonyl (C=O) groups excluding carboxylic acids is 1. The molecule has 0 aliphatic carbocycles. The molecule has 0 unspecified atom stereocenters. The van der Waals surface area contributed by atoms with E-state index in [-0.39, 0.29) is 0 Å². The topological polar surface area (TPSA) is 75.3 Å². The van der Waals surface area contributed by atoms with Gasteiger partial charge in [0.05, 0.1) is 6.26 Å². The Hall–Kier alpha value is -1.40. The van der Waals surface area contributed by atoms with Crippen molar-refractivity contribution in [2.75, 3.05) is 24.7 Å². The summed E-state index contributed by atoms with van der Waals surface area (Å²) in [6.07, 6.45) is 3.35. The van der Waals surface area contributed by atoms with E-state index in [0.29, 0.717) is 19.5 Å². The average molecular weight is 284 g/mol. The van der Waals surface area contributed by atoms with Crippen LogP contribution in [0.5, 0.6) is 0 Å². The first-order chi connectivity index (χ1) is 8.92. The van der Waals surface area contributed by atoms with Gasteiger partial charge in [-0.1, -0.05) is 6.07 Å². The fraction of sp³-hybridized carbons (Fsp3) is 0.462.